The predicted molar refractivity (Wildman–Crippen MR) is 169 cm³/mol. The van der Waals surface area contributed by atoms with Gasteiger partial charge in [0.2, 0.25) is 11.8 Å². The lowest BCUT2D eigenvalue weighted by Gasteiger charge is -2.34. The van der Waals surface area contributed by atoms with Crippen LogP contribution in [-0.4, -0.2) is 50.3 Å². The van der Waals surface area contributed by atoms with Crippen LogP contribution >= 0.6 is 23.2 Å². The van der Waals surface area contributed by atoms with E-state index in [9.17, 15) is 18.0 Å². The van der Waals surface area contributed by atoms with E-state index < -0.39 is 28.5 Å². The van der Waals surface area contributed by atoms with Crippen LogP contribution in [0.15, 0.2) is 77.7 Å². The minimum atomic E-state index is -4.20. The Bertz CT molecular complexity index is 1460. The number of hydrogen-bond acceptors (Lipinski definition) is 4. The molecule has 3 aromatic rings. The molecule has 0 bridgehead atoms. The Morgan fingerprint density at radius 3 is 2.17 bits per heavy atom. The number of anilines is 1. The number of nitrogens with one attached hydrogen (secondary N) is 1. The molecule has 1 fully saturated rings. The van der Waals surface area contributed by atoms with Gasteiger partial charge in [-0.25, -0.2) is 8.42 Å². The molecule has 0 spiro atoms. The van der Waals surface area contributed by atoms with E-state index >= 15 is 0 Å². The Balaban J connectivity index is 1.70. The van der Waals surface area contributed by atoms with Gasteiger partial charge in [-0.3, -0.25) is 13.9 Å². The van der Waals surface area contributed by atoms with Crippen molar-refractivity contribution in [3.8, 4) is 0 Å². The summed E-state index contributed by atoms with van der Waals surface area (Å²) in [5.74, 6) is -0.712. The molecule has 1 N–H and O–H groups in total. The molecule has 1 aliphatic rings. The van der Waals surface area contributed by atoms with Crippen molar-refractivity contribution in [1.82, 2.24) is 10.2 Å². The van der Waals surface area contributed by atoms with Crippen LogP contribution in [0, 0.1) is 6.92 Å². The van der Waals surface area contributed by atoms with Crippen molar-refractivity contribution >= 4 is 50.7 Å². The van der Waals surface area contributed by atoms with Crippen LogP contribution < -0.4 is 9.62 Å². The first kappa shape index (κ1) is 31.9. The van der Waals surface area contributed by atoms with E-state index in [1.165, 1.54) is 35.2 Å². The van der Waals surface area contributed by atoms with Crippen LogP contribution in [0.2, 0.25) is 10.0 Å². The smallest absolute Gasteiger partial charge is 0.264 e. The lowest BCUT2D eigenvalue weighted by molar-refractivity contribution is -0.139. The maximum atomic E-state index is 14.2. The summed E-state index contributed by atoms with van der Waals surface area (Å²) in [5.41, 5.74) is 2.06. The third-order valence-corrected chi connectivity index (χ3v) is 9.82. The third kappa shape index (κ3) is 8.06. The average molecular weight is 631 g/mol. The van der Waals surface area contributed by atoms with E-state index in [2.05, 4.69) is 5.32 Å². The van der Waals surface area contributed by atoms with Crippen molar-refractivity contribution in [2.75, 3.05) is 17.4 Å². The summed E-state index contributed by atoms with van der Waals surface area (Å²) in [6, 6.07) is 19.8. The highest BCUT2D eigenvalue weighted by Crippen LogP contribution is 2.30. The van der Waals surface area contributed by atoms with Gasteiger partial charge in [-0.15, -0.1) is 0 Å². The number of amides is 2. The van der Waals surface area contributed by atoms with Crippen molar-refractivity contribution in [3.63, 3.8) is 0 Å². The molecular formula is C32H37Cl2N3O4S. The van der Waals surface area contributed by atoms with Crippen LogP contribution in [0.5, 0.6) is 0 Å². The third-order valence-electron chi connectivity index (χ3n) is 7.59. The van der Waals surface area contributed by atoms with Crippen LogP contribution in [0.25, 0.3) is 0 Å². The van der Waals surface area contributed by atoms with Crippen LogP contribution in [0.3, 0.4) is 0 Å². The highest BCUT2D eigenvalue weighted by molar-refractivity contribution is 7.92. The van der Waals surface area contributed by atoms with Gasteiger partial charge >= 0.3 is 0 Å². The lowest BCUT2D eigenvalue weighted by atomic mass is 10.1. The number of benzene rings is 3. The Morgan fingerprint density at radius 1 is 0.952 bits per heavy atom. The summed E-state index contributed by atoms with van der Waals surface area (Å²) in [5, 5.41) is 3.59. The van der Waals surface area contributed by atoms with Crippen molar-refractivity contribution in [3.05, 3.63) is 94.0 Å². The second-order valence-electron chi connectivity index (χ2n) is 10.7. The predicted octanol–water partition coefficient (Wildman–Crippen LogP) is 6.41. The molecule has 0 saturated heterocycles. The molecule has 3 aromatic carbocycles. The van der Waals surface area contributed by atoms with E-state index in [4.69, 9.17) is 23.2 Å². The van der Waals surface area contributed by atoms with E-state index in [1.807, 2.05) is 44.2 Å². The monoisotopic (exact) mass is 629 g/mol. The molecule has 0 aliphatic heterocycles. The Kier molecular flexibility index (Phi) is 10.9. The number of nitrogens with zero attached hydrogens (tertiary/aromatic N) is 2. The normalized spacial score (nSPS) is 14.4. The van der Waals surface area contributed by atoms with Gasteiger partial charge in [-0.1, -0.05) is 91.0 Å². The van der Waals surface area contributed by atoms with Crippen LogP contribution in [-0.2, 0) is 26.0 Å². The van der Waals surface area contributed by atoms with Gasteiger partial charge in [0.05, 0.1) is 10.6 Å². The van der Waals surface area contributed by atoms with Crippen molar-refractivity contribution in [2.24, 2.45) is 0 Å². The van der Waals surface area contributed by atoms with Crippen LogP contribution in [0.1, 0.15) is 50.2 Å². The zero-order chi connectivity index (χ0) is 30.3. The molecule has 0 heterocycles. The summed E-state index contributed by atoms with van der Waals surface area (Å²) in [6.07, 6.45) is 4.84. The van der Waals surface area contributed by atoms with E-state index in [0.717, 1.165) is 41.1 Å². The first-order valence-electron chi connectivity index (χ1n) is 14.3. The topological polar surface area (TPSA) is 86.8 Å². The molecule has 4 rings (SSSR count). The number of halogens is 2. The van der Waals surface area contributed by atoms with Gasteiger partial charge in [-0.2, -0.15) is 0 Å². The summed E-state index contributed by atoms with van der Waals surface area (Å²) >= 11 is 12.5. The van der Waals surface area contributed by atoms with Gasteiger partial charge in [-0.05, 0) is 68.5 Å². The van der Waals surface area contributed by atoms with Gasteiger partial charge in [0, 0.05) is 22.6 Å². The maximum absolute atomic E-state index is 14.2. The fourth-order valence-electron chi connectivity index (χ4n) is 5.31. The molecule has 42 heavy (non-hydrogen) atoms. The number of carbonyl (C=O) groups excluding carboxylic acids is 2. The molecule has 0 unspecified atom stereocenters. The Hall–Kier alpha value is -3.07. The fourth-order valence-corrected chi connectivity index (χ4v) is 7.23. The van der Waals surface area contributed by atoms with Gasteiger partial charge in [0.25, 0.3) is 10.0 Å². The molecule has 7 nitrogen and oxygen atoms in total. The molecule has 1 aliphatic carbocycles. The zero-order valence-corrected chi connectivity index (χ0v) is 26.3. The second kappa shape index (κ2) is 14.4. The van der Waals surface area contributed by atoms with Crippen molar-refractivity contribution in [1.29, 1.82) is 0 Å². The fraction of sp³-hybridized carbons (Fsp3) is 0.375. The average Bonchev–Trinajstić information content (AvgIpc) is 3.47. The summed E-state index contributed by atoms with van der Waals surface area (Å²) in [4.78, 5) is 29.2. The van der Waals surface area contributed by atoms with Gasteiger partial charge in [0.15, 0.2) is 0 Å². The molecule has 224 valence electrons. The van der Waals surface area contributed by atoms with E-state index in [1.54, 1.807) is 12.1 Å². The van der Waals surface area contributed by atoms with Gasteiger partial charge in [0.1, 0.15) is 12.6 Å². The standard InChI is InChI=1S/C32H37Cl2N3O4S/c1-3-30(32(39)35-27-11-7-8-12-27)36(18-17-24-9-5-4-6-10-24)31(38)22-37(28-20-25(33)19-26(34)21-28)42(40,41)29-15-13-23(2)14-16-29/h4-6,9-10,13-16,19-21,27,30H,3,7-8,11-12,17-18,22H2,1-2H3,(H,35,39)/t30-/m0/s1. The van der Waals surface area contributed by atoms with Crippen molar-refractivity contribution < 1.29 is 18.0 Å². The number of carbonyl (C=O) groups is 2. The number of hydrogen-bond donors (Lipinski definition) is 1. The van der Waals surface area contributed by atoms with Gasteiger partial charge < -0.3 is 10.2 Å². The van der Waals surface area contributed by atoms with E-state index in [0.29, 0.717) is 12.8 Å². The SMILES string of the molecule is CC[C@@H](C(=O)NC1CCCC1)N(CCc1ccccc1)C(=O)CN(c1cc(Cl)cc(Cl)c1)S(=O)(=O)c1ccc(C)cc1. The Labute approximate surface area is 258 Å². The lowest BCUT2D eigenvalue weighted by Crippen LogP contribution is -2.54. The first-order valence-corrected chi connectivity index (χ1v) is 16.5. The highest BCUT2D eigenvalue weighted by Gasteiger charge is 2.34. The highest BCUT2D eigenvalue weighted by atomic mass is 35.5. The number of rotatable bonds is 12. The quantitative estimate of drug-likeness (QED) is 0.251. The largest absolute Gasteiger partial charge is 0.352 e. The molecule has 2 amide bonds. The van der Waals surface area contributed by atoms with Crippen LogP contribution in [0.4, 0.5) is 5.69 Å². The molecule has 10 heteroatoms. The zero-order valence-electron chi connectivity index (χ0n) is 23.9. The molecule has 1 atom stereocenters. The maximum Gasteiger partial charge on any atom is 0.264 e. The molecule has 0 radical (unpaired) electrons. The molecule has 1 saturated carbocycles. The second-order valence-corrected chi connectivity index (χ2v) is 13.4. The van der Waals surface area contributed by atoms with E-state index in [-0.39, 0.29) is 39.1 Å². The summed E-state index contributed by atoms with van der Waals surface area (Å²) in [7, 11) is -4.20. The Morgan fingerprint density at radius 2 is 1.57 bits per heavy atom. The number of sulfonamides is 1. The number of aryl methyl sites for hydroxylation is 1. The molecular weight excluding hydrogens is 593 g/mol. The minimum Gasteiger partial charge on any atom is -0.352 e. The molecule has 0 aromatic heterocycles. The van der Waals surface area contributed by atoms with Crippen molar-refractivity contribution in [2.45, 2.75) is 69.4 Å². The minimum absolute atomic E-state index is 0.0267. The first-order chi connectivity index (χ1) is 20.1. The summed E-state index contributed by atoms with van der Waals surface area (Å²) < 4.78 is 29.0. The summed E-state index contributed by atoms with van der Waals surface area (Å²) in [6.45, 7) is 3.43.